The molecule has 3 N–H and O–H groups in total. The summed E-state index contributed by atoms with van der Waals surface area (Å²) in [5.41, 5.74) is 1.05. The van der Waals surface area contributed by atoms with Crippen LogP contribution in [0, 0.1) is 0 Å². The molecule has 5 nitrogen and oxygen atoms in total. The number of urea groups is 1. The van der Waals surface area contributed by atoms with Gasteiger partial charge in [0.2, 0.25) is 0 Å². The highest BCUT2D eigenvalue weighted by molar-refractivity contribution is 5.74. The number of carbonyl (C=O) groups is 1. The molecule has 2 rings (SSSR count). The Balaban J connectivity index is 1.82. The number of amides is 2. The van der Waals surface area contributed by atoms with Crippen molar-refractivity contribution in [3.63, 3.8) is 0 Å². The summed E-state index contributed by atoms with van der Waals surface area (Å²) < 4.78 is 2.01. The van der Waals surface area contributed by atoms with Crippen molar-refractivity contribution in [2.45, 2.75) is 25.4 Å². The van der Waals surface area contributed by atoms with Crippen LogP contribution in [0.15, 0.2) is 54.9 Å². The largest absolute Gasteiger partial charge is 0.396 e. The first-order chi connectivity index (χ1) is 10.8. The third kappa shape index (κ3) is 5.26. The molecule has 0 bridgehead atoms. The molecule has 0 radical (unpaired) electrons. The van der Waals surface area contributed by atoms with Crippen LogP contribution in [0.2, 0.25) is 0 Å². The van der Waals surface area contributed by atoms with E-state index in [9.17, 15) is 4.79 Å². The fraction of sp³-hybridized carbons (Fsp3) is 0.353. The molecule has 0 aliphatic carbocycles. The van der Waals surface area contributed by atoms with E-state index in [2.05, 4.69) is 10.6 Å². The number of hydrogen-bond donors (Lipinski definition) is 3. The van der Waals surface area contributed by atoms with Crippen LogP contribution in [0.3, 0.4) is 0 Å². The van der Waals surface area contributed by atoms with Gasteiger partial charge in [-0.25, -0.2) is 4.79 Å². The zero-order valence-corrected chi connectivity index (χ0v) is 12.6. The summed E-state index contributed by atoms with van der Waals surface area (Å²) in [6.45, 7) is 1.44. The molecule has 0 aliphatic heterocycles. The maximum atomic E-state index is 12.0. The summed E-state index contributed by atoms with van der Waals surface area (Å²) in [4.78, 5) is 12.0. The third-order valence-corrected chi connectivity index (χ3v) is 3.48. The molecule has 1 heterocycles. The van der Waals surface area contributed by atoms with Gasteiger partial charge < -0.3 is 20.3 Å². The number of aliphatic hydroxyl groups is 1. The van der Waals surface area contributed by atoms with Gasteiger partial charge in [0.1, 0.15) is 0 Å². The van der Waals surface area contributed by atoms with E-state index < -0.39 is 0 Å². The molecule has 0 saturated heterocycles. The predicted octanol–water partition coefficient (Wildman–Crippen LogP) is 2.30. The average molecular weight is 301 g/mol. The van der Waals surface area contributed by atoms with E-state index in [1.54, 1.807) is 0 Å². The van der Waals surface area contributed by atoms with Gasteiger partial charge in [0, 0.05) is 32.1 Å². The summed E-state index contributed by atoms with van der Waals surface area (Å²) in [7, 11) is 0. The molecule has 1 unspecified atom stereocenters. The Bertz CT molecular complexity index is 540. The van der Waals surface area contributed by atoms with E-state index in [1.165, 1.54) is 0 Å². The van der Waals surface area contributed by atoms with Crippen molar-refractivity contribution in [1.29, 1.82) is 0 Å². The van der Waals surface area contributed by atoms with E-state index in [1.807, 2.05) is 59.4 Å². The highest BCUT2D eigenvalue weighted by atomic mass is 16.3. The summed E-state index contributed by atoms with van der Waals surface area (Å²) in [6.07, 6.45) is 5.30. The minimum Gasteiger partial charge on any atom is -0.396 e. The number of nitrogens with one attached hydrogen (secondary N) is 2. The van der Waals surface area contributed by atoms with Gasteiger partial charge in [-0.15, -0.1) is 0 Å². The van der Waals surface area contributed by atoms with Crippen molar-refractivity contribution in [2.75, 3.05) is 13.2 Å². The van der Waals surface area contributed by atoms with Gasteiger partial charge in [0.25, 0.3) is 0 Å². The lowest BCUT2D eigenvalue weighted by molar-refractivity contribution is 0.232. The molecule has 5 heteroatoms. The van der Waals surface area contributed by atoms with Gasteiger partial charge in [-0.05, 0) is 30.5 Å². The van der Waals surface area contributed by atoms with E-state index in [-0.39, 0.29) is 18.7 Å². The average Bonchev–Trinajstić information content (AvgIpc) is 3.05. The Morgan fingerprint density at radius 1 is 1.14 bits per heavy atom. The topological polar surface area (TPSA) is 66.3 Å². The number of carbonyl (C=O) groups excluding carboxylic acids is 1. The van der Waals surface area contributed by atoms with Crippen molar-refractivity contribution in [3.8, 4) is 0 Å². The number of nitrogens with zero attached hydrogens (tertiary/aromatic N) is 1. The highest BCUT2D eigenvalue weighted by Gasteiger charge is 2.13. The predicted molar refractivity (Wildman–Crippen MR) is 86.5 cm³/mol. The zero-order valence-electron chi connectivity index (χ0n) is 12.6. The number of aliphatic hydroxyl groups excluding tert-OH is 1. The van der Waals surface area contributed by atoms with E-state index in [0.29, 0.717) is 19.4 Å². The Labute approximate surface area is 131 Å². The molecule has 22 heavy (non-hydrogen) atoms. The zero-order chi connectivity index (χ0) is 15.6. The van der Waals surface area contributed by atoms with Crippen LogP contribution in [0.5, 0.6) is 0 Å². The van der Waals surface area contributed by atoms with Gasteiger partial charge in [0.05, 0.1) is 6.04 Å². The standard InChI is InChI=1S/C17H23N3O2/c21-14-6-9-16(15-7-2-1-3-8-15)19-17(22)18-10-13-20-11-4-5-12-20/h1-5,7-8,11-12,16,21H,6,9-10,13-14H2,(H2,18,19,22). The van der Waals surface area contributed by atoms with Crippen LogP contribution in [-0.2, 0) is 6.54 Å². The number of benzene rings is 1. The van der Waals surface area contributed by atoms with Crippen LogP contribution >= 0.6 is 0 Å². The van der Waals surface area contributed by atoms with E-state index >= 15 is 0 Å². The minimum absolute atomic E-state index is 0.0834. The van der Waals surface area contributed by atoms with Crippen LogP contribution in [0.1, 0.15) is 24.4 Å². The lowest BCUT2D eigenvalue weighted by Crippen LogP contribution is -2.39. The lowest BCUT2D eigenvalue weighted by atomic mass is 10.0. The SMILES string of the molecule is O=C(NCCn1cccc1)NC(CCCO)c1ccccc1. The third-order valence-electron chi connectivity index (χ3n) is 3.48. The summed E-state index contributed by atoms with van der Waals surface area (Å²) in [5.74, 6) is 0. The number of hydrogen-bond acceptors (Lipinski definition) is 2. The maximum Gasteiger partial charge on any atom is 0.315 e. The second kappa shape index (κ2) is 8.89. The summed E-state index contributed by atoms with van der Waals surface area (Å²) >= 11 is 0. The molecule has 0 spiro atoms. The molecule has 0 aliphatic rings. The van der Waals surface area contributed by atoms with E-state index in [4.69, 9.17) is 5.11 Å². The smallest absolute Gasteiger partial charge is 0.315 e. The van der Waals surface area contributed by atoms with Crippen LogP contribution < -0.4 is 10.6 Å². The fourth-order valence-corrected chi connectivity index (χ4v) is 2.33. The van der Waals surface area contributed by atoms with E-state index in [0.717, 1.165) is 12.1 Å². The van der Waals surface area contributed by atoms with Gasteiger partial charge in [-0.2, -0.15) is 0 Å². The van der Waals surface area contributed by atoms with Crippen molar-refractivity contribution < 1.29 is 9.90 Å². The van der Waals surface area contributed by atoms with Gasteiger partial charge in [-0.3, -0.25) is 0 Å². The van der Waals surface area contributed by atoms with Crippen molar-refractivity contribution in [3.05, 3.63) is 60.4 Å². The summed E-state index contributed by atoms with van der Waals surface area (Å²) in [5, 5.41) is 14.9. The molecule has 0 fully saturated rings. The monoisotopic (exact) mass is 301 g/mol. The quantitative estimate of drug-likeness (QED) is 0.700. The van der Waals surface area contributed by atoms with Gasteiger partial charge in [-0.1, -0.05) is 30.3 Å². The second-order valence-electron chi connectivity index (χ2n) is 5.15. The molecule has 0 saturated carbocycles. The molecule has 1 aromatic heterocycles. The van der Waals surface area contributed by atoms with Gasteiger partial charge in [0.15, 0.2) is 0 Å². The fourth-order valence-electron chi connectivity index (χ4n) is 2.33. The first-order valence-corrected chi connectivity index (χ1v) is 7.60. The molecule has 2 amide bonds. The molecular formula is C17H23N3O2. The van der Waals surface area contributed by atoms with Crippen molar-refractivity contribution in [2.24, 2.45) is 0 Å². The van der Waals surface area contributed by atoms with Crippen LogP contribution in [-0.4, -0.2) is 28.9 Å². The Kier molecular flexibility index (Phi) is 6.51. The Morgan fingerprint density at radius 3 is 2.55 bits per heavy atom. The lowest BCUT2D eigenvalue weighted by Gasteiger charge is -2.19. The molecular weight excluding hydrogens is 278 g/mol. The normalized spacial score (nSPS) is 11.9. The number of rotatable bonds is 8. The molecule has 1 aromatic carbocycles. The van der Waals surface area contributed by atoms with Crippen LogP contribution in [0.25, 0.3) is 0 Å². The number of aromatic nitrogens is 1. The molecule has 118 valence electrons. The Morgan fingerprint density at radius 2 is 1.86 bits per heavy atom. The second-order valence-corrected chi connectivity index (χ2v) is 5.15. The molecule has 1 atom stereocenters. The first kappa shape index (κ1) is 16.1. The van der Waals surface area contributed by atoms with Gasteiger partial charge >= 0.3 is 6.03 Å². The van der Waals surface area contributed by atoms with Crippen molar-refractivity contribution >= 4 is 6.03 Å². The Hall–Kier alpha value is -2.27. The van der Waals surface area contributed by atoms with Crippen molar-refractivity contribution in [1.82, 2.24) is 15.2 Å². The highest BCUT2D eigenvalue weighted by Crippen LogP contribution is 2.17. The first-order valence-electron chi connectivity index (χ1n) is 7.60. The minimum atomic E-state index is -0.182. The summed E-state index contributed by atoms with van der Waals surface area (Å²) in [6, 6.07) is 13.5. The molecule has 2 aromatic rings. The maximum absolute atomic E-state index is 12.0. The van der Waals surface area contributed by atoms with Crippen LogP contribution in [0.4, 0.5) is 4.79 Å².